The number of hydrogen-bond donors (Lipinski definition) is 1. The van der Waals surface area contributed by atoms with Crippen LogP contribution < -0.4 is 10.1 Å². The van der Waals surface area contributed by atoms with Crippen molar-refractivity contribution in [1.82, 2.24) is 10.3 Å². The molecule has 0 radical (unpaired) electrons. The van der Waals surface area contributed by atoms with Crippen LogP contribution in [0.1, 0.15) is 25.2 Å². The first-order valence-corrected chi connectivity index (χ1v) is 5.96. The van der Waals surface area contributed by atoms with Crippen molar-refractivity contribution in [3.63, 3.8) is 0 Å². The van der Waals surface area contributed by atoms with Crippen molar-refractivity contribution in [2.45, 2.75) is 25.3 Å². The molecule has 0 amide bonds. The highest BCUT2D eigenvalue weighted by Crippen LogP contribution is 2.30. The van der Waals surface area contributed by atoms with E-state index in [0.717, 1.165) is 35.7 Å². The van der Waals surface area contributed by atoms with Crippen LogP contribution in [0, 0.1) is 0 Å². The molecule has 4 heteroatoms. The van der Waals surface area contributed by atoms with E-state index in [-0.39, 0.29) is 0 Å². The number of ether oxygens (including phenoxy) is 1. The lowest BCUT2D eigenvalue weighted by Crippen LogP contribution is -2.21. The molecule has 0 aliphatic carbocycles. The van der Waals surface area contributed by atoms with Crippen LogP contribution in [-0.4, -0.2) is 24.7 Å². The summed E-state index contributed by atoms with van der Waals surface area (Å²) >= 11 is 0. The third-order valence-corrected chi connectivity index (χ3v) is 3.45. The Kier molecular flexibility index (Phi) is 2.52. The lowest BCUT2D eigenvalue weighted by molar-refractivity contribution is 0.413. The zero-order valence-electron chi connectivity index (χ0n) is 10.1. The van der Waals surface area contributed by atoms with E-state index >= 15 is 0 Å². The third kappa shape index (κ3) is 1.78. The molecule has 1 aliphatic rings. The lowest BCUT2D eigenvalue weighted by Gasteiger charge is -2.09. The summed E-state index contributed by atoms with van der Waals surface area (Å²) in [6.07, 6.45) is 1.09. The molecule has 1 fully saturated rings. The van der Waals surface area contributed by atoms with Crippen LogP contribution in [0.3, 0.4) is 0 Å². The van der Waals surface area contributed by atoms with E-state index in [0.29, 0.717) is 12.0 Å². The highest BCUT2D eigenvalue weighted by atomic mass is 16.5. The van der Waals surface area contributed by atoms with E-state index in [1.807, 2.05) is 18.2 Å². The topological polar surface area (TPSA) is 47.3 Å². The molecule has 90 valence electrons. The highest BCUT2D eigenvalue weighted by Gasteiger charge is 2.28. The minimum absolute atomic E-state index is 0.383. The van der Waals surface area contributed by atoms with E-state index in [1.165, 1.54) is 0 Å². The number of rotatable bonds is 2. The predicted octanol–water partition coefficient (Wildman–Crippen LogP) is 2.30. The van der Waals surface area contributed by atoms with Gasteiger partial charge in [0.2, 0.25) is 0 Å². The predicted molar refractivity (Wildman–Crippen MR) is 65.4 cm³/mol. The number of benzene rings is 1. The number of aromatic nitrogens is 1. The second-order valence-electron chi connectivity index (χ2n) is 4.52. The van der Waals surface area contributed by atoms with Gasteiger partial charge in [0, 0.05) is 12.1 Å². The van der Waals surface area contributed by atoms with E-state index in [4.69, 9.17) is 9.15 Å². The van der Waals surface area contributed by atoms with Crippen LogP contribution in [0.4, 0.5) is 0 Å². The Labute approximate surface area is 100.0 Å². The molecule has 0 saturated carbocycles. The number of methoxy groups -OCH3 is 1. The second-order valence-corrected chi connectivity index (χ2v) is 4.52. The monoisotopic (exact) mass is 232 g/mol. The lowest BCUT2D eigenvalue weighted by atomic mass is 10.0. The molecule has 1 aliphatic heterocycles. The van der Waals surface area contributed by atoms with E-state index in [9.17, 15) is 0 Å². The van der Waals surface area contributed by atoms with Crippen molar-refractivity contribution >= 4 is 11.1 Å². The molecule has 2 unspecified atom stereocenters. The van der Waals surface area contributed by atoms with Crippen LogP contribution in [0.15, 0.2) is 22.6 Å². The molecular formula is C13H16N2O2. The SMILES string of the molecule is COc1ccc2nc(C3CCNC3C)oc2c1. The van der Waals surface area contributed by atoms with Gasteiger partial charge in [-0.25, -0.2) is 4.98 Å². The molecular weight excluding hydrogens is 216 g/mol. The molecule has 0 bridgehead atoms. The van der Waals surface area contributed by atoms with Crippen LogP contribution in [0.25, 0.3) is 11.1 Å². The van der Waals surface area contributed by atoms with Gasteiger partial charge in [0.05, 0.1) is 13.0 Å². The zero-order chi connectivity index (χ0) is 11.8. The number of nitrogens with one attached hydrogen (secondary N) is 1. The Morgan fingerprint density at radius 1 is 1.47 bits per heavy atom. The number of oxazole rings is 1. The van der Waals surface area contributed by atoms with Gasteiger partial charge in [0.15, 0.2) is 11.5 Å². The maximum atomic E-state index is 5.83. The number of hydrogen-bond acceptors (Lipinski definition) is 4. The molecule has 1 N–H and O–H groups in total. The molecule has 1 aromatic heterocycles. The van der Waals surface area contributed by atoms with Gasteiger partial charge in [-0.1, -0.05) is 0 Å². The van der Waals surface area contributed by atoms with Crippen LogP contribution >= 0.6 is 0 Å². The van der Waals surface area contributed by atoms with Crippen molar-refractivity contribution in [3.8, 4) is 5.75 Å². The highest BCUT2D eigenvalue weighted by molar-refractivity contribution is 5.74. The van der Waals surface area contributed by atoms with Crippen molar-refractivity contribution in [1.29, 1.82) is 0 Å². The van der Waals surface area contributed by atoms with Crippen molar-refractivity contribution in [2.75, 3.05) is 13.7 Å². The van der Waals surface area contributed by atoms with Gasteiger partial charge in [0.25, 0.3) is 0 Å². The Balaban J connectivity index is 2.01. The Bertz CT molecular complexity index is 535. The molecule has 2 atom stereocenters. The van der Waals surface area contributed by atoms with E-state index in [1.54, 1.807) is 7.11 Å². The summed E-state index contributed by atoms with van der Waals surface area (Å²) in [6, 6.07) is 6.17. The largest absolute Gasteiger partial charge is 0.497 e. The molecule has 0 spiro atoms. The normalized spacial score (nSPS) is 24.4. The summed E-state index contributed by atoms with van der Waals surface area (Å²) in [5, 5.41) is 3.41. The van der Waals surface area contributed by atoms with Gasteiger partial charge in [-0.2, -0.15) is 0 Å². The quantitative estimate of drug-likeness (QED) is 0.863. The molecule has 1 aromatic carbocycles. The smallest absolute Gasteiger partial charge is 0.200 e. The first-order valence-electron chi connectivity index (χ1n) is 5.96. The summed E-state index contributed by atoms with van der Waals surface area (Å²) in [6.45, 7) is 3.21. The van der Waals surface area contributed by atoms with Crippen LogP contribution in [-0.2, 0) is 0 Å². The molecule has 1 saturated heterocycles. The van der Waals surface area contributed by atoms with Gasteiger partial charge in [0.1, 0.15) is 11.3 Å². The minimum Gasteiger partial charge on any atom is -0.497 e. The summed E-state index contributed by atoms with van der Waals surface area (Å²) in [4.78, 5) is 4.56. The number of fused-ring (bicyclic) bond motifs is 1. The van der Waals surface area contributed by atoms with Crippen LogP contribution in [0.2, 0.25) is 0 Å². The molecule has 4 nitrogen and oxygen atoms in total. The average molecular weight is 232 g/mol. The molecule has 2 heterocycles. The minimum atomic E-state index is 0.383. The Morgan fingerprint density at radius 3 is 3.06 bits per heavy atom. The summed E-state index contributed by atoms with van der Waals surface area (Å²) in [5.41, 5.74) is 1.71. The van der Waals surface area contributed by atoms with Gasteiger partial charge in [-0.3, -0.25) is 0 Å². The third-order valence-electron chi connectivity index (χ3n) is 3.45. The Morgan fingerprint density at radius 2 is 2.35 bits per heavy atom. The van der Waals surface area contributed by atoms with Crippen molar-refractivity contribution in [2.24, 2.45) is 0 Å². The summed E-state index contributed by atoms with van der Waals surface area (Å²) < 4.78 is 11.0. The molecule has 17 heavy (non-hydrogen) atoms. The van der Waals surface area contributed by atoms with Crippen molar-refractivity contribution in [3.05, 3.63) is 24.1 Å². The first kappa shape index (κ1) is 10.6. The summed E-state index contributed by atoms with van der Waals surface area (Å²) in [5.74, 6) is 2.02. The van der Waals surface area contributed by atoms with E-state index in [2.05, 4.69) is 17.2 Å². The molecule has 3 rings (SSSR count). The van der Waals surface area contributed by atoms with Gasteiger partial charge >= 0.3 is 0 Å². The van der Waals surface area contributed by atoms with Gasteiger partial charge in [-0.15, -0.1) is 0 Å². The van der Waals surface area contributed by atoms with E-state index < -0.39 is 0 Å². The van der Waals surface area contributed by atoms with Gasteiger partial charge < -0.3 is 14.5 Å². The fourth-order valence-corrected chi connectivity index (χ4v) is 2.40. The second kappa shape index (κ2) is 4.04. The molecule has 2 aromatic rings. The maximum Gasteiger partial charge on any atom is 0.200 e. The standard InChI is InChI=1S/C13H16N2O2/c1-8-10(5-6-14-8)13-15-11-4-3-9(16-2)7-12(11)17-13/h3-4,7-8,10,14H,5-6H2,1-2H3. The van der Waals surface area contributed by atoms with Gasteiger partial charge in [-0.05, 0) is 32.0 Å². The Hall–Kier alpha value is -1.55. The average Bonchev–Trinajstić information content (AvgIpc) is 2.93. The fourth-order valence-electron chi connectivity index (χ4n) is 2.40. The first-order chi connectivity index (χ1) is 8.28. The number of nitrogens with zero attached hydrogens (tertiary/aromatic N) is 1. The van der Waals surface area contributed by atoms with Crippen LogP contribution in [0.5, 0.6) is 5.75 Å². The zero-order valence-corrected chi connectivity index (χ0v) is 10.1. The van der Waals surface area contributed by atoms with Crippen molar-refractivity contribution < 1.29 is 9.15 Å². The fraction of sp³-hybridized carbons (Fsp3) is 0.462. The maximum absolute atomic E-state index is 5.83. The summed E-state index contributed by atoms with van der Waals surface area (Å²) in [7, 11) is 1.65.